The highest BCUT2D eigenvalue weighted by atomic mass is 79.9. The van der Waals surface area contributed by atoms with Gasteiger partial charge in [0.05, 0.1) is 23.2 Å². The molecule has 1 unspecified atom stereocenters. The van der Waals surface area contributed by atoms with Gasteiger partial charge in [0.1, 0.15) is 17.5 Å². The van der Waals surface area contributed by atoms with E-state index in [0.29, 0.717) is 22.2 Å². The normalized spacial score (nSPS) is 16.4. The number of phenolic OH excluding ortho intramolecular Hbond substituents is 1. The average Bonchev–Trinajstić information content (AvgIpc) is 3.19. The number of aliphatic hydroxyl groups is 1. The molecule has 1 aliphatic heterocycles. The molecule has 1 aliphatic rings. The molecule has 8 nitrogen and oxygen atoms in total. The first-order chi connectivity index (χ1) is 15.8. The molecule has 5 N–H and O–H groups in total. The van der Waals surface area contributed by atoms with Gasteiger partial charge < -0.3 is 35.6 Å². The van der Waals surface area contributed by atoms with Gasteiger partial charge in [-0.15, -0.1) is 0 Å². The fraction of sp³-hybridized carbons (Fsp3) is 0.435. The number of aliphatic hydroxyl groups excluding tert-OH is 1. The summed E-state index contributed by atoms with van der Waals surface area (Å²) in [5.41, 5.74) is 7.02. The number of rotatable bonds is 8. The van der Waals surface area contributed by atoms with Gasteiger partial charge in [-0.05, 0) is 50.7 Å². The Hall–Kier alpha value is -2.24. The smallest absolute Gasteiger partial charge is 0.174 e. The maximum absolute atomic E-state index is 15.5. The number of nitrogens with zero attached hydrogens (tertiary/aromatic N) is 4. The zero-order valence-corrected chi connectivity index (χ0v) is 20.2. The topological polar surface area (TPSA) is 103 Å². The molecule has 4 rings (SSSR count). The predicted molar refractivity (Wildman–Crippen MR) is 131 cm³/mol. The van der Waals surface area contributed by atoms with Gasteiger partial charge in [-0.1, -0.05) is 15.9 Å². The van der Waals surface area contributed by atoms with Crippen LogP contribution in [-0.4, -0.2) is 69.3 Å². The molecule has 0 spiro atoms. The van der Waals surface area contributed by atoms with E-state index in [2.05, 4.69) is 43.1 Å². The number of unbranched alkanes of at least 4 members (excludes halogenated alkanes) is 1. The largest absolute Gasteiger partial charge is 0.506 e. The molecule has 0 amide bonds. The number of nitrogens with two attached hydrogens (primary N) is 1. The molecule has 0 saturated carbocycles. The van der Waals surface area contributed by atoms with Crippen LogP contribution in [0.3, 0.4) is 0 Å². The molecule has 10 heteroatoms. The highest BCUT2D eigenvalue weighted by Gasteiger charge is 2.21. The number of aromatic hydroxyl groups is 1. The summed E-state index contributed by atoms with van der Waals surface area (Å²) in [4.78, 5) is 9.09. The van der Waals surface area contributed by atoms with E-state index in [1.165, 1.54) is 6.07 Å². The number of piperazine rings is 1. The zero-order valence-electron chi connectivity index (χ0n) is 18.6. The number of aromatic nitrogens is 2. The maximum atomic E-state index is 15.5. The molecule has 1 aromatic heterocycles. The number of anilines is 2. The van der Waals surface area contributed by atoms with Crippen LogP contribution in [0.1, 0.15) is 24.6 Å². The molecule has 0 radical (unpaired) electrons. The van der Waals surface area contributed by atoms with E-state index in [4.69, 9.17) is 5.73 Å². The lowest BCUT2D eigenvalue weighted by Crippen LogP contribution is -2.44. The molecule has 2 heterocycles. The van der Waals surface area contributed by atoms with Crippen molar-refractivity contribution in [2.75, 3.05) is 45.1 Å². The summed E-state index contributed by atoms with van der Waals surface area (Å²) in [5.74, 6) is -0.683. The fourth-order valence-corrected chi connectivity index (χ4v) is 4.50. The van der Waals surface area contributed by atoms with Crippen molar-refractivity contribution in [2.45, 2.75) is 25.6 Å². The lowest BCUT2D eigenvalue weighted by atomic mass is 10.1. The minimum absolute atomic E-state index is 0.00422. The Morgan fingerprint density at radius 1 is 1.18 bits per heavy atom. The van der Waals surface area contributed by atoms with Crippen molar-refractivity contribution in [1.82, 2.24) is 19.4 Å². The van der Waals surface area contributed by atoms with Crippen LogP contribution in [0, 0.1) is 5.82 Å². The Balaban J connectivity index is 1.51. The Morgan fingerprint density at radius 3 is 2.61 bits per heavy atom. The van der Waals surface area contributed by atoms with Crippen LogP contribution < -0.4 is 11.1 Å². The van der Waals surface area contributed by atoms with E-state index in [0.717, 1.165) is 45.6 Å². The van der Waals surface area contributed by atoms with Crippen LogP contribution in [-0.2, 0) is 6.54 Å². The van der Waals surface area contributed by atoms with Crippen LogP contribution in [0.25, 0.3) is 11.0 Å². The third kappa shape index (κ3) is 5.47. The number of nitrogens with one attached hydrogen (secondary N) is 1. The van der Waals surface area contributed by atoms with Gasteiger partial charge >= 0.3 is 0 Å². The molecule has 2 aromatic carbocycles. The molecule has 1 atom stereocenters. The highest BCUT2D eigenvalue weighted by molar-refractivity contribution is 9.10. The summed E-state index contributed by atoms with van der Waals surface area (Å²) < 4.78 is 18.0. The van der Waals surface area contributed by atoms with E-state index in [-0.39, 0.29) is 22.5 Å². The van der Waals surface area contributed by atoms with Crippen molar-refractivity contribution in [1.29, 1.82) is 0 Å². The van der Waals surface area contributed by atoms with E-state index in [1.54, 1.807) is 24.5 Å². The number of halogens is 2. The van der Waals surface area contributed by atoms with Crippen LogP contribution in [0.2, 0.25) is 0 Å². The third-order valence-corrected chi connectivity index (χ3v) is 6.64. The number of benzene rings is 2. The number of likely N-dealkylation sites (N-methyl/N-ethyl adjacent to an activating group) is 1. The van der Waals surface area contributed by atoms with E-state index < -0.39 is 12.0 Å². The first-order valence-electron chi connectivity index (χ1n) is 11.1. The SMILES string of the molecule is CN1CCN(CCCCn2cnc3c(F)c(Nc4ccc(Br)cc4O)c(C(N)O)cc32)CC1. The summed E-state index contributed by atoms with van der Waals surface area (Å²) in [6.45, 7) is 6.14. The summed E-state index contributed by atoms with van der Waals surface area (Å²) >= 11 is 3.28. The quantitative estimate of drug-likeness (QED) is 0.205. The molecule has 0 aliphatic carbocycles. The molecule has 33 heavy (non-hydrogen) atoms. The molecule has 0 bridgehead atoms. The van der Waals surface area contributed by atoms with Gasteiger partial charge in [-0.3, -0.25) is 0 Å². The first-order valence-corrected chi connectivity index (χ1v) is 11.9. The van der Waals surface area contributed by atoms with E-state index >= 15 is 4.39 Å². The molecular weight excluding hydrogens is 491 g/mol. The summed E-state index contributed by atoms with van der Waals surface area (Å²) in [7, 11) is 2.15. The average molecular weight is 521 g/mol. The van der Waals surface area contributed by atoms with Gasteiger partial charge in [0.15, 0.2) is 5.82 Å². The first kappa shape index (κ1) is 23.9. The van der Waals surface area contributed by atoms with Crippen LogP contribution >= 0.6 is 15.9 Å². The number of fused-ring (bicyclic) bond motifs is 1. The standard InChI is InChI=1S/C23H30BrFN6O2/c1-29-8-10-30(11-9-29)6-2-3-7-31-14-27-22-18(31)13-16(23(26)33)21(20(22)25)28-17-5-4-15(24)12-19(17)32/h4-5,12-14,23,28,32-33H,2-3,6-11,26H2,1H3. The van der Waals surface area contributed by atoms with Crippen molar-refractivity contribution in [3.8, 4) is 5.75 Å². The minimum atomic E-state index is -1.40. The molecule has 1 saturated heterocycles. The van der Waals surface area contributed by atoms with Gasteiger partial charge in [0.2, 0.25) is 0 Å². The second-order valence-corrected chi connectivity index (χ2v) is 9.46. The van der Waals surface area contributed by atoms with Crippen molar-refractivity contribution < 1.29 is 14.6 Å². The fourth-order valence-electron chi connectivity index (χ4n) is 4.15. The lowest BCUT2D eigenvalue weighted by molar-refractivity contribution is 0.151. The van der Waals surface area contributed by atoms with Gasteiger partial charge in [0.25, 0.3) is 0 Å². The summed E-state index contributed by atoms with van der Waals surface area (Å²) in [6, 6.07) is 6.48. The Kier molecular flexibility index (Phi) is 7.50. The number of phenols is 1. The van der Waals surface area contributed by atoms with Crippen molar-refractivity contribution >= 4 is 38.3 Å². The second-order valence-electron chi connectivity index (χ2n) is 8.54. The lowest BCUT2D eigenvalue weighted by Gasteiger charge is -2.32. The maximum Gasteiger partial charge on any atom is 0.174 e. The Morgan fingerprint density at radius 2 is 1.91 bits per heavy atom. The molecule has 178 valence electrons. The monoisotopic (exact) mass is 520 g/mol. The van der Waals surface area contributed by atoms with Gasteiger partial charge in [-0.2, -0.15) is 0 Å². The van der Waals surface area contributed by atoms with Gasteiger partial charge in [0, 0.05) is 42.8 Å². The van der Waals surface area contributed by atoms with Gasteiger partial charge in [-0.25, -0.2) is 9.37 Å². The number of hydrogen-bond acceptors (Lipinski definition) is 7. The Bertz CT molecular complexity index is 1110. The van der Waals surface area contributed by atoms with Crippen molar-refractivity contribution in [3.63, 3.8) is 0 Å². The third-order valence-electron chi connectivity index (χ3n) is 6.14. The predicted octanol–water partition coefficient (Wildman–Crippen LogP) is 3.36. The molecular formula is C23H30BrFN6O2. The Labute approximate surface area is 200 Å². The molecule has 1 fully saturated rings. The highest BCUT2D eigenvalue weighted by Crippen LogP contribution is 2.36. The summed E-state index contributed by atoms with van der Waals surface area (Å²) in [6.07, 6.45) is 2.20. The number of imidazole rings is 1. The van der Waals surface area contributed by atoms with Crippen LogP contribution in [0.5, 0.6) is 5.75 Å². The zero-order chi connectivity index (χ0) is 23.5. The number of hydrogen-bond donors (Lipinski definition) is 4. The van der Waals surface area contributed by atoms with Crippen molar-refractivity contribution in [2.24, 2.45) is 5.73 Å². The number of aryl methyl sites for hydroxylation is 1. The van der Waals surface area contributed by atoms with Crippen molar-refractivity contribution in [3.05, 3.63) is 46.4 Å². The van der Waals surface area contributed by atoms with Crippen LogP contribution in [0.15, 0.2) is 35.1 Å². The molecule has 3 aromatic rings. The van der Waals surface area contributed by atoms with E-state index in [9.17, 15) is 10.2 Å². The summed E-state index contributed by atoms with van der Waals surface area (Å²) in [5, 5.41) is 23.2. The van der Waals surface area contributed by atoms with Crippen LogP contribution in [0.4, 0.5) is 15.8 Å². The second kappa shape index (κ2) is 10.4. The minimum Gasteiger partial charge on any atom is -0.506 e. The van der Waals surface area contributed by atoms with E-state index in [1.807, 2.05) is 4.57 Å².